The van der Waals surface area contributed by atoms with Crippen molar-refractivity contribution < 1.29 is 8.78 Å². The van der Waals surface area contributed by atoms with E-state index in [0.29, 0.717) is 24.7 Å². The summed E-state index contributed by atoms with van der Waals surface area (Å²) >= 11 is 0. The topological polar surface area (TPSA) is 0 Å². The van der Waals surface area contributed by atoms with Crippen LogP contribution in [-0.2, 0) is 0 Å². The Labute approximate surface area is 151 Å². The minimum absolute atomic E-state index is 0.0778. The Morgan fingerprint density at radius 2 is 1.64 bits per heavy atom. The maximum Gasteiger partial charge on any atom is 0.241 e. The van der Waals surface area contributed by atoms with Crippen molar-refractivity contribution in [3.8, 4) is 0 Å². The van der Waals surface area contributed by atoms with Crippen LogP contribution in [0.1, 0.15) is 63.4 Å². The predicted molar refractivity (Wildman–Crippen MR) is 101 cm³/mol. The highest BCUT2D eigenvalue weighted by Gasteiger charge is 2.39. The Balaban J connectivity index is 1.74. The lowest BCUT2D eigenvalue weighted by Crippen LogP contribution is -2.33. The van der Waals surface area contributed by atoms with E-state index in [1.165, 1.54) is 18.4 Å². The third-order valence-electron chi connectivity index (χ3n) is 6.26. The Bertz CT molecular complexity index is 565. The van der Waals surface area contributed by atoms with Crippen LogP contribution in [0.4, 0.5) is 8.78 Å². The molecule has 0 amide bonds. The van der Waals surface area contributed by atoms with Crippen molar-refractivity contribution in [2.24, 2.45) is 17.3 Å². The molecule has 2 aliphatic rings. The van der Waals surface area contributed by atoms with Gasteiger partial charge >= 0.3 is 0 Å². The van der Waals surface area contributed by atoms with Gasteiger partial charge in [0.1, 0.15) is 0 Å². The van der Waals surface area contributed by atoms with Crippen LogP contribution >= 0.6 is 0 Å². The number of benzene rings is 1. The fraction of sp³-hybridized carbons (Fsp3) is 0.565. The molecule has 0 saturated heterocycles. The van der Waals surface area contributed by atoms with Crippen molar-refractivity contribution in [2.75, 3.05) is 0 Å². The van der Waals surface area contributed by atoms with E-state index in [4.69, 9.17) is 0 Å². The SMILES string of the molecule is CCCCC1(C2CCC(C(F)F)CC2)C=CC(c2ccccc2)C=C1. The van der Waals surface area contributed by atoms with E-state index in [9.17, 15) is 8.78 Å². The first-order chi connectivity index (χ1) is 12.1. The molecule has 1 aromatic carbocycles. The summed E-state index contributed by atoms with van der Waals surface area (Å²) < 4.78 is 26.0. The molecule has 0 bridgehead atoms. The maximum atomic E-state index is 13.0. The number of halogens is 2. The molecule has 0 N–H and O–H groups in total. The number of hydrogen-bond donors (Lipinski definition) is 0. The normalized spacial score (nSPS) is 32.2. The summed E-state index contributed by atoms with van der Waals surface area (Å²) in [5.74, 6) is 0.472. The molecular formula is C23H30F2. The smallest absolute Gasteiger partial charge is 0.210 e. The van der Waals surface area contributed by atoms with E-state index < -0.39 is 6.43 Å². The number of rotatable bonds is 6. The van der Waals surface area contributed by atoms with Gasteiger partial charge < -0.3 is 0 Å². The van der Waals surface area contributed by atoms with Gasteiger partial charge in [-0.3, -0.25) is 0 Å². The van der Waals surface area contributed by atoms with Crippen molar-refractivity contribution in [1.82, 2.24) is 0 Å². The number of hydrogen-bond acceptors (Lipinski definition) is 0. The second-order valence-corrected chi connectivity index (χ2v) is 7.82. The quantitative estimate of drug-likeness (QED) is 0.481. The number of unbranched alkanes of at least 4 members (excludes halogenated alkanes) is 1. The molecule has 0 radical (unpaired) electrons. The van der Waals surface area contributed by atoms with Crippen molar-refractivity contribution in [3.05, 3.63) is 60.2 Å². The van der Waals surface area contributed by atoms with Crippen LogP contribution in [0.25, 0.3) is 0 Å². The third kappa shape index (κ3) is 4.22. The molecule has 0 aromatic heterocycles. The molecule has 0 spiro atoms. The van der Waals surface area contributed by atoms with Crippen LogP contribution in [0.5, 0.6) is 0 Å². The standard InChI is InChI=1S/C23H30F2/c1-2-3-15-23(21-11-9-20(10-12-21)22(24)25)16-13-19(14-17-23)18-7-5-4-6-8-18/h4-8,13-14,16-17,19-22H,2-3,9-12,15H2,1H3. The van der Waals surface area contributed by atoms with Gasteiger partial charge in [-0.25, -0.2) is 8.78 Å². The van der Waals surface area contributed by atoms with Crippen molar-refractivity contribution in [3.63, 3.8) is 0 Å². The van der Waals surface area contributed by atoms with Crippen LogP contribution in [-0.4, -0.2) is 6.43 Å². The molecule has 0 heterocycles. The summed E-state index contributed by atoms with van der Waals surface area (Å²) in [5, 5.41) is 0. The van der Waals surface area contributed by atoms with Crippen LogP contribution < -0.4 is 0 Å². The highest BCUT2D eigenvalue weighted by atomic mass is 19.3. The summed E-state index contributed by atoms with van der Waals surface area (Å²) in [4.78, 5) is 0. The fourth-order valence-corrected chi connectivity index (χ4v) is 4.62. The molecule has 136 valence electrons. The molecule has 2 heteroatoms. The molecule has 1 saturated carbocycles. The lowest BCUT2D eigenvalue weighted by Gasteiger charge is -2.42. The molecule has 0 nitrogen and oxygen atoms in total. The van der Waals surface area contributed by atoms with Crippen LogP contribution in [0.2, 0.25) is 0 Å². The Hall–Kier alpha value is -1.44. The lowest BCUT2D eigenvalue weighted by atomic mass is 9.62. The van der Waals surface area contributed by atoms with E-state index >= 15 is 0 Å². The second kappa shape index (κ2) is 8.29. The van der Waals surface area contributed by atoms with Gasteiger partial charge in [0, 0.05) is 17.3 Å². The molecule has 0 unspecified atom stereocenters. The van der Waals surface area contributed by atoms with Gasteiger partial charge in [0.05, 0.1) is 0 Å². The zero-order chi connectivity index (χ0) is 17.7. The number of alkyl halides is 2. The molecule has 3 rings (SSSR count). The summed E-state index contributed by atoms with van der Waals surface area (Å²) in [5.41, 5.74) is 1.40. The van der Waals surface area contributed by atoms with Crippen molar-refractivity contribution >= 4 is 0 Å². The van der Waals surface area contributed by atoms with Gasteiger partial charge in [0.25, 0.3) is 0 Å². The van der Waals surface area contributed by atoms with Gasteiger partial charge in [-0.1, -0.05) is 74.4 Å². The average Bonchev–Trinajstić information content (AvgIpc) is 2.67. The molecule has 25 heavy (non-hydrogen) atoms. The molecule has 0 atom stereocenters. The van der Waals surface area contributed by atoms with Crippen LogP contribution in [0, 0.1) is 17.3 Å². The highest BCUT2D eigenvalue weighted by Crippen LogP contribution is 2.49. The van der Waals surface area contributed by atoms with Crippen molar-refractivity contribution in [1.29, 1.82) is 0 Å². The molecule has 2 aliphatic carbocycles. The molecule has 0 aliphatic heterocycles. The van der Waals surface area contributed by atoms with Gasteiger partial charge in [-0.05, 0) is 43.6 Å². The lowest BCUT2D eigenvalue weighted by molar-refractivity contribution is 0.0345. The van der Waals surface area contributed by atoms with Gasteiger partial charge in [-0.15, -0.1) is 0 Å². The second-order valence-electron chi connectivity index (χ2n) is 7.82. The Morgan fingerprint density at radius 1 is 1.00 bits per heavy atom. The first kappa shape index (κ1) is 18.4. The summed E-state index contributed by atoms with van der Waals surface area (Å²) in [6, 6.07) is 10.6. The first-order valence-electron chi connectivity index (χ1n) is 9.86. The summed E-state index contributed by atoms with van der Waals surface area (Å²) in [7, 11) is 0. The average molecular weight is 344 g/mol. The van der Waals surface area contributed by atoms with Crippen molar-refractivity contribution in [2.45, 2.75) is 64.2 Å². The summed E-state index contributed by atoms with van der Waals surface area (Å²) in [6.07, 6.45) is 14.1. The van der Waals surface area contributed by atoms with E-state index in [-0.39, 0.29) is 11.3 Å². The van der Waals surface area contributed by atoms with E-state index in [2.05, 4.69) is 55.5 Å². The predicted octanol–water partition coefficient (Wildman–Crippen LogP) is 7.14. The first-order valence-corrected chi connectivity index (χ1v) is 9.86. The summed E-state index contributed by atoms with van der Waals surface area (Å²) in [6.45, 7) is 2.23. The van der Waals surface area contributed by atoms with E-state index in [0.717, 1.165) is 19.3 Å². The number of allylic oxidation sites excluding steroid dienone is 4. The Morgan fingerprint density at radius 3 is 2.20 bits per heavy atom. The van der Waals surface area contributed by atoms with Gasteiger partial charge in [-0.2, -0.15) is 0 Å². The minimum Gasteiger partial charge on any atom is -0.210 e. The van der Waals surface area contributed by atoms with Gasteiger partial charge in [0.15, 0.2) is 0 Å². The molecule has 1 aromatic rings. The third-order valence-corrected chi connectivity index (χ3v) is 6.26. The fourth-order valence-electron chi connectivity index (χ4n) is 4.62. The van der Waals surface area contributed by atoms with E-state index in [1.54, 1.807) is 0 Å². The maximum absolute atomic E-state index is 13.0. The van der Waals surface area contributed by atoms with Crippen LogP contribution in [0.3, 0.4) is 0 Å². The minimum atomic E-state index is -2.15. The zero-order valence-corrected chi connectivity index (χ0v) is 15.2. The molecular weight excluding hydrogens is 314 g/mol. The zero-order valence-electron chi connectivity index (χ0n) is 15.2. The Kier molecular flexibility index (Phi) is 6.09. The molecule has 1 fully saturated rings. The monoisotopic (exact) mass is 344 g/mol. The highest BCUT2D eigenvalue weighted by molar-refractivity contribution is 5.34. The largest absolute Gasteiger partial charge is 0.241 e. The van der Waals surface area contributed by atoms with E-state index in [1.807, 2.05) is 6.07 Å². The van der Waals surface area contributed by atoms with Crippen LogP contribution in [0.15, 0.2) is 54.6 Å². The van der Waals surface area contributed by atoms with Gasteiger partial charge in [0.2, 0.25) is 6.43 Å².